The molecule has 1 aliphatic heterocycles. The van der Waals surface area contributed by atoms with Gasteiger partial charge in [-0.1, -0.05) is 146 Å². The van der Waals surface area contributed by atoms with Crippen LogP contribution in [0.5, 0.6) is 0 Å². The Bertz CT molecular complexity index is 2840. The molecule has 9 aromatic rings. The maximum absolute atomic E-state index is 5.46. The smallest absolute Gasteiger partial charge is 0.155 e. The third-order valence-corrected chi connectivity index (χ3v) is 10.2. The average molecular weight is 638 g/mol. The highest BCUT2D eigenvalue weighted by Gasteiger charge is 2.26. The summed E-state index contributed by atoms with van der Waals surface area (Å²) >= 11 is 0. The molecule has 1 atom stereocenters. The van der Waals surface area contributed by atoms with Gasteiger partial charge in [0, 0.05) is 34.7 Å². The molecule has 8 aromatic carbocycles. The minimum atomic E-state index is -0.114. The zero-order chi connectivity index (χ0) is 33.0. The molecular weight excluding hydrogens is 607 g/mol. The second-order valence-corrected chi connectivity index (χ2v) is 13.1. The van der Waals surface area contributed by atoms with E-state index in [1.54, 1.807) is 0 Å². The van der Waals surface area contributed by atoms with Gasteiger partial charge in [0.15, 0.2) is 5.84 Å². The molecule has 50 heavy (non-hydrogen) atoms. The molecule has 0 radical (unpaired) electrons. The van der Waals surface area contributed by atoms with E-state index in [0.717, 1.165) is 33.8 Å². The van der Waals surface area contributed by atoms with Crippen LogP contribution < -0.4 is 0 Å². The Labute approximate surface area is 289 Å². The van der Waals surface area contributed by atoms with Gasteiger partial charge in [-0.15, -0.1) is 0 Å². The highest BCUT2D eigenvalue weighted by Crippen LogP contribution is 2.39. The van der Waals surface area contributed by atoms with Gasteiger partial charge in [0.2, 0.25) is 0 Å². The Kier molecular flexibility index (Phi) is 6.63. The van der Waals surface area contributed by atoms with E-state index in [1.807, 2.05) is 6.20 Å². The van der Waals surface area contributed by atoms with Gasteiger partial charge in [-0.25, -0.2) is 4.99 Å². The van der Waals surface area contributed by atoms with Crippen LogP contribution in [0.25, 0.3) is 65.1 Å². The van der Waals surface area contributed by atoms with E-state index in [1.165, 1.54) is 59.6 Å². The lowest BCUT2D eigenvalue weighted by molar-refractivity contribution is 0.761. The van der Waals surface area contributed by atoms with Crippen molar-refractivity contribution in [3.8, 4) is 11.3 Å². The monoisotopic (exact) mass is 637 g/mol. The third kappa shape index (κ3) is 4.70. The molecule has 3 nitrogen and oxygen atoms in total. The number of aromatic nitrogens is 1. The summed E-state index contributed by atoms with van der Waals surface area (Å²) in [5, 5.41) is 12.2. The fourth-order valence-corrected chi connectivity index (χ4v) is 7.85. The lowest BCUT2D eigenvalue weighted by Crippen LogP contribution is -2.18. The minimum Gasteiger partial charge on any atom is -0.258 e. The van der Waals surface area contributed by atoms with Crippen molar-refractivity contribution in [2.24, 2.45) is 9.98 Å². The van der Waals surface area contributed by atoms with Crippen molar-refractivity contribution in [2.45, 2.75) is 12.5 Å². The van der Waals surface area contributed by atoms with Gasteiger partial charge in [-0.05, 0) is 72.2 Å². The molecule has 0 spiro atoms. The number of amidine groups is 1. The van der Waals surface area contributed by atoms with E-state index < -0.39 is 0 Å². The van der Waals surface area contributed by atoms with Gasteiger partial charge < -0.3 is 0 Å². The molecule has 3 heteroatoms. The summed E-state index contributed by atoms with van der Waals surface area (Å²) in [6.07, 6.45) is 2.59. The number of hydrogen-bond donors (Lipinski definition) is 0. The number of hydrogen-bond acceptors (Lipinski definition) is 3. The van der Waals surface area contributed by atoms with Crippen LogP contribution in [0, 0.1) is 0 Å². The molecule has 0 amide bonds. The van der Waals surface area contributed by atoms with Crippen LogP contribution in [-0.4, -0.2) is 16.5 Å². The summed E-state index contributed by atoms with van der Waals surface area (Å²) in [7, 11) is 0. The zero-order valence-electron chi connectivity index (χ0n) is 27.3. The van der Waals surface area contributed by atoms with Crippen molar-refractivity contribution in [3.63, 3.8) is 0 Å². The first-order valence-corrected chi connectivity index (χ1v) is 17.2. The molecule has 0 saturated carbocycles. The number of fused-ring (bicyclic) bond motifs is 7. The number of nitrogens with zero attached hydrogens (tertiary/aromatic N) is 3. The van der Waals surface area contributed by atoms with Gasteiger partial charge in [-0.2, -0.15) is 0 Å². The zero-order valence-corrected chi connectivity index (χ0v) is 27.3. The van der Waals surface area contributed by atoms with Crippen molar-refractivity contribution < 1.29 is 0 Å². The fourth-order valence-electron chi connectivity index (χ4n) is 7.85. The van der Waals surface area contributed by atoms with Crippen LogP contribution >= 0.6 is 0 Å². The maximum atomic E-state index is 5.46. The van der Waals surface area contributed by atoms with E-state index in [4.69, 9.17) is 15.0 Å². The molecule has 0 saturated heterocycles. The summed E-state index contributed by atoms with van der Waals surface area (Å²) in [5.41, 5.74) is 6.49. The number of rotatable bonds is 4. The van der Waals surface area contributed by atoms with Crippen molar-refractivity contribution >= 4 is 65.4 Å². The Morgan fingerprint density at radius 3 is 1.70 bits per heavy atom. The normalized spacial score (nSPS) is 14.8. The van der Waals surface area contributed by atoms with Gasteiger partial charge in [-0.3, -0.25) is 9.98 Å². The number of benzene rings is 8. The summed E-state index contributed by atoms with van der Waals surface area (Å²) < 4.78 is 0. The second kappa shape index (κ2) is 11.6. The van der Waals surface area contributed by atoms with E-state index in [0.29, 0.717) is 6.42 Å². The van der Waals surface area contributed by atoms with E-state index in [-0.39, 0.29) is 6.04 Å². The SMILES string of the molecule is c1ccc2c(-c3ccc(C4=NC(c5cc6ccccc6c6ccccc56)CC(c5cc6ccccc6c6ccccc56)=N4)cc3)nccc2c1. The maximum Gasteiger partial charge on any atom is 0.155 e. The lowest BCUT2D eigenvalue weighted by Gasteiger charge is -2.24. The molecular formula is C47H31N3. The molecule has 0 aliphatic carbocycles. The quantitative estimate of drug-likeness (QED) is 0.177. The molecule has 0 fully saturated rings. The lowest BCUT2D eigenvalue weighted by atomic mass is 9.87. The van der Waals surface area contributed by atoms with Crippen molar-refractivity contribution in [1.29, 1.82) is 0 Å². The fraction of sp³-hybridized carbons (Fsp3) is 0.0426. The van der Waals surface area contributed by atoms with Crippen LogP contribution in [0.3, 0.4) is 0 Å². The molecule has 234 valence electrons. The van der Waals surface area contributed by atoms with E-state index in [9.17, 15) is 0 Å². The van der Waals surface area contributed by atoms with Crippen molar-refractivity contribution in [2.75, 3.05) is 0 Å². The second-order valence-electron chi connectivity index (χ2n) is 13.1. The largest absolute Gasteiger partial charge is 0.258 e. The summed E-state index contributed by atoms with van der Waals surface area (Å²) in [4.78, 5) is 15.6. The standard InChI is InChI=1S/C47H31N3/c1-6-16-37-30(11-1)25-26-48-46(37)31-21-23-32(24-22-31)47-49-44(42-27-33-12-2-4-14-35(33)38-17-7-9-19-40(38)42)29-45(50-47)43-28-34-13-3-5-15-36(34)39-18-8-10-20-41(39)43/h1-28,44H,29H2. The summed E-state index contributed by atoms with van der Waals surface area (Å²) in [6.45, 7) is 0. The van der Waals surface area contributed by atoms with Gasteiger partial charge in [0.05, 0.1) is 17.4 Å². The Hall–Kier alpha value is -6.45. The van der Waals surface area contributed by atoms with Crippen molar-refractivity contribution in [1.82, 2.24) is 4.98 Å². The van der Waals surface area contributed by atoms with Crippen LogP contribution in [0.2, 0.25) is 0 Å². The molecule has 1 unspecified atom stereocenters. The Morgan fingerprint density at radius 1 is 0.440 bits per heavy atom. The molecule has 1 aromatic heterocycles. The first-order chi connectivity index (χ1) is 24.8. The first-order valence-electron chi connectivity index (χ1n) is 17.2. The van der Waals surface area contributed by atoms with Crippen LogP contribution in [0.4, 0.5) is 0 Å². The van der Waals surface area contributed by atoms with Gasteiger partial charge >= 0.3 is 0 Å². The summed E-state index contributed by atoms with van der Waals surface area (Å²) in [5.74, 6) is 0.753. The van der Waals surface area contributed by atoms with E-state index in [2.05, 4.69) is 164 Å². The third-order valence-electron chi connectivity index (χ3n) is 10.2. The highest BCUT2D eigenvalue weighted by atomic mass is 15.0. The molecule has 0 bridgehead atoms. The minimum absolute atomic E-state index is 0.114. The van der Waals surface area contributed by atoms with E-state index >= 15 is 0 Å². The van der Waals surface area contributed by atoms with Crippen LogP contribution in [-0.2, 0) is 0 Å². The Morgan fingerprint density at radius 2 is 0.980 bits per heavy atom. The number of aliphatic imine (C=N–C) groups is 2. The Balaban J connectivity index is 1.17. The van der Waals surface area contributed by atoms with Gasteiger partial charge in [0.1, 0.15) is 0 Å². The van der Waals surface area contributed by atoms with Crippen molar-refractivity contribution in [3.05, 3.63) is 187 Å². The molecule has 0 N–H and O–H groups in total. The summed E-state index contributed by atoms with van der Waals surface area (Å²) in [6, 6.07) is 58.5. The topological polar surface area (TPSA) is 37.6 Å². The number of pyridine rings is 1. The first kappa shape index (κ1) is 28.6. The molecule has 1 aliphatic rings. The van der Waals surface area contributed by atoms with Crippen LogP contribution in [0.1, 0.15) is 29.2 Å². The molecule has 2 heterocycles. The van der Waals surface area contributed by atoms with Gasteiger partial charge in [0.25, 0.3) is 0 Å². The predicted octanol–water partition coefficient (Wildman–Crippen LogP) is 11.9. The van der Waals surface area contributed by atoms with Crippen LogP contribution in [0.15, 0.2) is 180 Å². The average Bonchev–Trinajstić information content (AvgIpc) is 3.20. The highest BCUT2D eigenvalue weighted by molar-refractivity contribution is 6.23. The predicted molar refractivity (Wildman–Crippen MR) is 211 cm³/mol. The molecule has 10 rings (SSSR count).